The quantitative estimate of drug-likeness (QED) is 0.405. The van der Waals surface area contributed by atoms with E-state index in [1.165, 1.54) is 0 Å². The first-order valence-electron chi connectivity index (χ1n) is 7.33. The molecule has 7 heteroatoms. The van der Waals surface area contributed by atoms with Gasteiger partial charge in [0.2, 0.25) is 0 Å². The topological polar surface area (TPSA) is 61.6 Å². The third-order valence-electron chi connectivity index (χ3n) is 3.25. The van der Waals surface area contributed by atoms with E-state index in [1.54, 1.807) is 28.4 Å². The summed E-state index contributed by atoms with van der Waals surface area (Å²) in [7, 11) is 6.55. The van der Waals surface area contributed by atoms with Crippen LogP contribution < -0.4 is 0 Å². The molecule has 0 aliphatic heterocycles. The van der Waals surface area contributed by atoms with Gasteiger partial charge in [0.05, 0.1) is 18.1 Å². The molecule has 0 saturated heterocycles. The fourth-order valence-corrected chi connectivity index (χ4v) is 1.78. The predicted molar refractivity (Wildman–Crippen MR) is 90.1 cm³/mol. The number of ether oxygens (including phenoxy) is 4. The molecule has 2 unspecified atom stereocenters. The molecule has 2 atom stereocenters. The van der Waals surface area contributed by atoms with Crippen LogP contribution in [-0.2, 0) is 18.9 Å². The molecule has 0 fully saturated rings. The summed E-state index contributed by atoms with van der Waals surface area (Å²) >= 11 is 0. The second kappa shape index (κ2) is 15.4. The molecule has 0 saturated carbocycles. The van der Waals surface area contributed by atoms with Crippen LogP contribution in [-0.4, -0.2) is 59.1 Å². The van der Waals surface area contributed by atoms with Crippen LogP contribution in [0.5, 0.6) is 0 Å². The fraction of sp³-hybridized carbons (Fsp3) is 0.933. The van der Waals surface area contributed by atoms with E-state index in [4.69, 9.17) is 18.9 Å². The zero-order chi connectivity index (χ0) is 16.1. The van der Waals surface area contributed by atoms with Gasteiger partial charge in [0.15, 0.2) is 12.6 Å². The van der Waals surface area contributed by atoms with E-state index in [1.807, 2.05) is 13.8 Å². The van der Waals surface area contributed by atoms with Gasteiger partial charge in [0, 0.05) is 41.3 Å². The lowest BCUT2D eigenvalue weighted by atomic mass is 10.2. The van der Waals surface area contributed by atoms with Crippen molar-refractivity contribution in [3.05, 3.63) is 0 Å². The molecule has 132 valence electrons. The molecule has 0 rings (SSSR count). The van der Waals surface area contributed by atoms with Crippen LogP contribution in [0.4, 0.5) is 0 Å². The van der Waals surface area contributed by atoms with Gasteiger partial charge in [0.1, 0.15) is 0 Å². The molecule has 0 amide bonds. The average Bonchev–Trinajstić information content (AvgIpc) is 2.49. The molecule has 0 radical (unpaired) electrons. The van der Waals surface area contributed by atoms with E-state index in [2.05, 4.69) is 16.0 Å². The molecule has 0 heterocycles. The summed E-state index contributed by atoms with van der Waals surface area (Å²) in [5, 5.41) is 0. The Labute approximate surface area is 140 Å². The lowest BCUT2D eigenvalue weighted by molar-refractivity contribution is -0.107. The first-order chi connectivity index (χ1) is 10.1. The van der Waals surface area contributed by atoms with Gasteiger partial charge in [-0.25, -0.2) is 9.98 Å². The standard InChI is InChI=1S/C15H30N2O4.ClH/c1-12(7-9-14(18-3)19-4)16-11-17-13(2)8-10-15(20-5)21-6;/h12-15H,7-10H2,1-6H3;1H. The Kier molecular flexibility index (Phi) is 16.6. The van der Waals surface area contributed by atoms with Crippen LogP contribution in [0.1, 0.15) is 39.5 Å². The van der Waals surface area contributed by atoms with Gasteiger partial charge in [-0.15, -0.1) is 12.4 Å². The minimum absolute atomic E-state index is 0. The van der Waals surface area contributed by atoms with E-state index in [0.29, 0.717) is 0 Å². The highest BCUT2D eigenvalue weighted by Gasteiger charge is 2.08. The Bertz CT molecular complexity index is 278. The van der Waals surface area contributed by atoms with Gasteiger partial charge in [0.25, 0.3) is 0 Å². The van der Waals surface area contributed by atoms with Crippen molar-refractivity contribution < 1.29 is 18.9 Å². The van der Waals surface area contributed by atoms with Gasteiger partial charge in [-0.1, -0.05) is 0 Å². The summed E-state index contributed by atoms with van der Waals surface area (Å²) < 4.78 is 20.5. The predicted octanol–water partition coefficient (Wildman–Crippen LogP) is 3.16. The van der Waals surface area contributed by atoms with Gasteiger partial charge in [-0.3, -0.25) is 0 Å². The van der Waals surface area contributed by atoms with Crippen molar-refractivity contribution in [2.75, 3.05) is 28.4 Å². The van der Waals surface area contributed by atoms with Crippen molar-refractivity contribution in [3.63, 3.8) is 0 Å². The van der Waals surface area contributed by atoms with Crippen LogP contribution in [0, 0.1) is 0 Å². The minimum atomic E-state index is -0.168. The Hall–Kier alpha value is -0.490. The molecule has 0 aliphatic rings. The van der Waals surface area contributed by atoms with Gasteiger partial charge < -0.3 is 18.9 Å². The summed E-state index contributed by atoms with van der Waals surface area (Å²) in [4.78, 5) is 8.56. The van der Waals surface area contributed by atoms with Gasteiger partial charge in [-0.05, 0) is 26.7 Å². The molecule has 6 nitrogen and oxygen atoms in total. The van der Waals surface area contributed by atoms with Gasteiger partial charge >= 0.3 is 0 Å². The third-order valence-corrected chi connectivity index (χ3v) is 3.25. The molecule has 0 bridgehead atoms. The van der Waals surface area contributed by atoms with Crippen molar-refractivity contribution in [1.82, 2.24) is 0 Å². The zero-order valence-corrected chi connectivity index (χ0v) is 15.4. The highest BCUT2D eigenvalue weighted by Crippen LogP contribution is 2.08. The van der Waals surface area contributed by atoms with E-state index >= 15 is 0 Å². The van der Waals surface area contributed by atoms with Crippen molar-refractivity contribution in [1.29, 1.82) is 0 Å². The van der Waals surface area contributed by atoms with E-state index in [9.17, 15) is 0 Å². The van der Waals surface area contributed by atoms with Crippen molar-refractivity contribution in [3.8, 4) is 0 Å². The molecule has 0 aromatic heterocycles. The Morgan fingerprint density at radius 1 is 0.682 bits per heavy atom. The third kappa shape index (κ3) is 12.1. The smallest absolute Gasteiger partial charge is 0.156 e. The number of halogens is 1. The molecule has 0 N–H and O–H groups in total. The Balaban J connectivity index is 0. The van der Waals surface area contributed by atoms with Crippen LogP contribution in [0.25, 0.3) is 0 Å². The second-order valence-electron chi connectivity index (χ2n) is 5.01. The monoisotopic (exact) mass is 338 g/mol. The fourth-order valence-electron chi connectivity index (χ4n) is 1.78. The highest BCUT2D eigenvalue weighted by molar-refractivity contribution is 5.85. The molecule has 0 spiro atoms. The number of rotatable bonds is 12. The molecule has 0 aromatic carbocycles. The Morgan fingerprint density at radius 2 is 1.00 bits per heavy atom. The maximum absolute atomic E-state index is 5.14. The van der Waals surface area contributed by atoms with Crippen LogP contribution in [0.15, 0.2) is 9.98 Å². The molecule has 0 aromatic rings. The van der Waals surface area contributed by atoms with E-state index < -0.39 is 0 Å². The SMILES string of the molecule is COC(CCC(C)N=C=NC(C)CCC(OC)OC)OC.Cl. The Morgan fingerprint density at radius 3 is 1.27 bits per heavy atom. The first kappa shape index (κ1) is 23.8. The van der Waals surface area contributed by atoms with Crippen LogP contribution in [0.2, 0.25) is 0 Å². The maximum atomic E-state index is 5.14. The maximum Gasteiger partial charge on any atom is 0.156 e. The summed E-state index contributed by atoms with van der Waals surface area (Å²) in [6.45, 7) is 4.06. The molecule has 0 aliphatic carbocycles. The minimum Gasteiger partial charge on any atom is -0.356 e. The van der Waals surface area contributed by atoms with Crippen molar-refractivity contribution in [2.45, 2.75) is 64.2 Å². The van der Waals surface area contributed by atoms with Crippen molar-refractivity contribution in [2.24, 2.45) is 9.98 Å². The van der Waals surface area contributed by atoms with Crippen LogP contribution >= 0.6 is 12.4 Å². The summed E-state index contributed by atoms with van der Waals surface area (Å²) in [5.74, 6) is 0. The largest absolute Gasteiger partial charge is 0.356 e. The number of nitrogens with zero attached hydrogens (tertiary/aromatic N) is 2. The molecular weight excluding hydrogens is 308 g/mol. The van der Waals surface area contributed by atoms with E-state index in [0.717, 1.165) is 25.7 Å². The van der Waals surface area contributed by atoms with E-state index in [-0.39, 0.29) is 37.1 Å². The lowest BCUT2D eigenvalue weighted by Gasteiger charge is -2.14. The lowest BCUT2D eigenvalue weighted by Crippen LogP contribution is -2.15. The number of hydrogen-bond acceptors (Lipinski definition) is 6. The second-order valence-corrected chi connectivity index (χ2v) is 5.01. The molecule has 22 heavy (non-hydrogen) atoms. The average molecular weight is 339 g/mol. The summed E-state index contributed by atoms with van der Waals surface area (Å²) in [6, 6.07) is 3.10. The zero-order valence-electron chi connectivity index (χ0n) is 14.6. The first-order valence-corrected chi connectivity index (χ1v) is 7.33. The number of methoxy groups -OCH3 is 4. The summed E-state index contributed by atoms with van der Waals surface area (Å²) in [5.41, 5.74) is 0. The van der Waals surface area contributed by atoms with Crippen molar-refractivity contribution >= 4 is 18.4 Å². The highest BCUT2D eigenvalue weighted by atomic mass is 35.5. The molecular formula is C15H31ClN2O4. The summed E-state index contributed by atoms with van der Waals surface area (Å²) in [6.07, 6.45) is 3.02. The van der Waals surface area contributed by atoms with Crippen LogP contribution in [0.3, 0.4) is 0 Å². The number of hydrogen-bond donors (Lipinski definition) is 0. The number of aliphatic imine (C=N–C) groups is 2. The normalized spacial score (nSPS) is 13.5. The van der Waals surface area contributed by atoms with Gasteiger partial charge in [-0.2, -0.15) is 0 Å².